The summed E-state index contributed by atoms with van der Waals surface area (Å²) in [6.45, 7) is 3.95. The Morgan fingerprint density at radius 3 is 2.67 bits per heavy atom. The molecule has 0 heterocycles. The smallest absolute Gasteiger partial charge is 0.126 e. The molecule has 0 fully saturated rings. The number of thioether (sulfide) groups is 1. The standard InChI is InChI=1S/C12H15IOS/c1-12(2,8-14)9-15-7-10-5-3-4-6-11(10)13/h3-6,8H,7,9H2,1-2H3. The van der Waals surface area contributed by atoms with E-state index in [0.717, 1.165) is 17.8 Å². The van der Waals surface area contributed by atoms with E-state index in [1.807, 2.05) is 31.7 Å². The Bertz CT molecular complexity index is 336. The quantitative estimate of drug-likeness (QED) is 0.603. The van der Waals surface area contributed by atoms with Gasteiger partial charge in [0.05, 0.1) is 0 Å². The normalized spacial score (nSPS) is 11.4. The fraction of sp³-hybridized carbons (Fsp3) is 0.417. The molecular formula is C12H15IOS. The van der Waals surface area contributed by atoms with Crippen molar-refractivity contribution in [2.45, 2.75) is 19.6 Å². The third-order valence-corrected chi connectivity index (χ3v) is 4.52. The highest BCUT2D eigenvalue weighted by molar-refractivity contribution is 14.1. The van der Waals surface area contributed by atoms with E-state index in [-0.39, 0.29) is 5.41 Å². The minimum atomic E-state index is -0.203. The summed E-state index contributed by atoms with van der Waals surface area (Å²) in [4.78, 5) is 10.7. The minimum Gasteiger partial charge on any atom is -0.303 e. The van der Waals surface area contributed by atoms with Crippen LogP contribution < -0.4 is 0 Å². The molecule has 0 saturated carbocycles. The van der Waals surface area contributed by atoms with Gasteiger partial charge < -0.3 is 4.79 Å². The highest BCUT2D eigenvalue weighted by atomic mass is 127. The summed E-state index contributed by atoms with van der Waals surface area (Å²) in [6.07, 6.45) is 1.04. The van der Waals surface area contributed by atoms with Crippen molar-refractivity contribution < 1.29 is 4.79 Å². The summed E-state index contributed by atoms with van der Waals surface area (Å²) in [7, 11) is 0. The van der Waals surface area contributed by atoms with E-state index in [2.05, 4.69) is 40.8 Å². The molecule has 1 nitrogen and oxygen atoms in total. The van der Waals surface area contributed by atoms with Gasteiger partial charge in [-0.3, -0.25) is 0 Å². The Labute approximate surface area is 109 Å². The van der Waals surface area contributed by atoms with Crippen molar-refractivity contribution in [1.82, 2.24) is 0 Å². The number of benzene rings is 1. The van der Waals surface area contributed by atoms with Crippen LogP contribution in [-0.4, -0.2) is 12.0 Å². The molecule has 0 atom stereocenters. The van der Waals surface area contributed by atoms with Crippen molar-refractivity contribution in [1.29, 1.82) is 0 Å². The van der Waals surface area contributed by atoms with Gasteiger partial charge in [0.15, 0.2) is 0 Å². The van der Waals surface area contributed by atoms with Gasteiger partial charge in [-0.05, 0) is 34.2 Å². The summed E-state index contributed by atoms with van der Waals surface area (Å²) >= 11 is 4.16. The first-order valence-corrected chi connectivity index (χ1v) is 7.06. The average Bonchev–Trinajstić information content (AvgIpc) is 2.21. The van der Waals surface area contributed by atoms with Crippen molar-refractivity contribution >= 4 is 40.6 Å². The summed E-state index contributed by atoms with van der Waals surface area (Å²) in [6, 6.07) is 8.36. The lowest BCUT2D eigenvalue weighted by Crippen LogP contribution is -2.16. The van der Waals surface area contributed by atoms with Crippen molar-refractivity contribution in [2.24, 2.45) is 5.41 Å². The molecule has 1 rings (SSSR count). The Morgan fingerprint density at radius 2 is 2.07 bits per heavy atom. The zero-order valence-electron chi connectivity index (χ0n) is 9.00. The van der Waals surface area contributed by atoms with Gasteiger partial charge >= 0.3 is 0 Å². The molecule has 0 aromatic heterocycles. The zero-order valence-corrected chi connectivity index (χ0v) is 12.0. The maximum absolute atomic E-state index is 10.7. The lowest BCUT2D eigenvalue weighted by atomic mass is 10.00. The maximum atomic E-state index is 10.7. The third kappa shape index (κ3) is 4.55. The van der Waals surface area contributed by atoms with Crippen LogP contribution in [0.2, 0.25) is 0 Å². The van der Waals surface area contributed by atoms with E-state index in [9.17, 15) is 4.79 Å². The van der Waals surface area contributed by atoms with Crippen molar-refractivity contribution in [2.75, 3.05) is 5.75 Å². The van der Waals surface area contributed by atoms with Gasteiger partial charge in [0.2, 0.25) is 0 Å². The number of aldehydes is 1. The second-order valence-electron chi connectivity index (χ2n) is 4.19. The molecule has 0 aliphatic heterocycles. The van der Waals surface area contributed by atoms with Crippen LogP contribution in [0.5, 0.6) is 0 Å². The molecule has 0 spiro atoms. The number of carbonyl (C=O) groups is 1. The molecule has 82 valence electrons. The Kier molecular flexibility index (Phi) is 5.12. The van der Waals surface area contributed by atoms with E-state index in [1.165, 1.54) is 9.13 Å². The van der Waals surface area contributed by atoms with Crippen molar-refractivity contribution in [3.8, 4) is 0 Å². The van der Waals surface area contributed by atoms with Crippen LogP contribution in [0.4, 0.5) is 0 Å². The van der Waals surface area contributed by atoms with Crippen molar-refractivity contribution in [3.05, 3.63) is 33.4 Å². The number of hydrogen-bond acceptors (Lipinski definition) is 2. The molecule has 0 aliphatic carbocycles. The molecule has 0 amide bonds. The van der Waals surface area contributed by atoms with E-state index in [1.54, 1.807) is 0 Å². The number of hydrogen-bond donors (Lipinski definition) is 0. The first-order valence-electron chi connectivity index (χ1n) is 4.83. The second kappa shape index (κ2) is 5.89. The molecule has 15 heavy (non-hydrogen) atoms. The summed E-state index contributed by atoms with van der Waals surface area (Å²) in [5.41, 5.74) is 1.15. The second-order valence-corrected chi connectivity index (χ2v) is 6.34. The van der Waals surface area contributed by atoms with E-state index < -0.39 is 0 Å². The highest BCUT2D eigenvalue weighted by Gasteiger charge is 2.16. The molecule has 0 aliphatic rings. The van der Waals surface area contributed by atoms with Crippen LogP contribution in [0.25, 0.3) is 0 Å². The number of rotatable bonds is 5. The van der Waals surface area contributed by atoms with Gasteiger partial charge in [-0.1, -0.05) is 32.0 Å². The van der Waals surface area contributed by atoms with Gasteiger partial charge in [-0.15, -0.1) is 0 Å². The average molecular weight is 334 g/mol. The lowest BCUT2D eigenvalue weighted by molar-refractivity contribution is -0.113. The van der Waals surface area contributed by atoms with Crippen LogP contribution in [0.3, 0.4) is 0 Å². The van der Waals surface area contributed by atoms with Crippen LogP contribution in [0.1, 0.15) is 19.4 Å². The first kappa shape index (κ1) is 13.0. The zero-order chi connectivity index (χ0) is 11.3. The monoisotopic (exact) mass is 334 g/mol. The third-order valence-electron chi connectivity index (χ3n) is 2.01. The van der Waals surface area contributed by atoms with Gasteiger partial charge in [0.1, 0.15) is 6.29 Å². The summed E-state index contributed by atoms with van der Waals surface area (Å²) < 4.78 is 1.30. The van der Waals surface area contributed by atoms with Crippen LogP contribution in [0.15, 0.2) is 24.3 Å². The van der Waals surface area contributed by atoms with E-state index in [0.29, 0.717) is 0 Å². The summed E-state index contributed by atoms with van der Waals surface area (Å²) in [5.74, 6) is 1.86. The Hall–Kier alpha value is -0.0300. The summed E-state index contributed by atoms with van der Waals surface area (Å²) in [5, 5.41) is 0. The maximum Gasteiger partial charge on any atom is 0.126 e. The molecule has 1 aromatic rings. The molecule has 0 saturated heterocycles. The molecule has 0 unspecified atom stereocenters. The minimum absolute atomic E-state index is 0.203. The fourth-order valence-corrected chi connectivity index (χ4v) is 3.08. The Balaban J connectivity index is 2.45. The van der Waals surface area contributed by atoms with Crippen LogP contribution in [0, 0.1) is 8.99 Å². The molecule has 0 bridgehead atoms. The highest BCUT2D eigenvalue weighted by Crippen LogP contribution is 2.24. The predicted octanol–water partition coefficient (Wildman–Crippen LogP) is 3.75. The van der Waals surface area contributed by atoms with Gasteiger partial charge in [-0.2, -0.15) is 11.8 Å². The molecule has 0 radical (unpaired) electrons. The number of carbonyl (C=O) groups excluding carboxylic acids is 1. The Morgan fingerprint density at radius 1 is 1.40 bits per heavy atom. The lowest BCUT2D eigenvalue weighted by Gasteiger charge is -2.15. The van der Waals surface area contributed by atoms with Crippen LogP contribution >= 0.6 is 34.4 Å². The van der Waals surface area contributed by atoms with Crippen molar-refractivity contribution in [3.63, 3.8) is 0 Å². The molecule has 3 heteroatoms. The topological polar surface area (TPSA) is 17.1 Å². The SMILES string of the molecule is CC(C)(C=O)CSCc1ccccc1I. The molecule has 1 aromatic carbocycles. The molecule has 0 N–H and O–H groups in total. The predicted molar refractivity (Wildman–Crippen MR) is 75.2 cm³/mol. The van der Waals surface area contributed by atoms with Gasteiger partial charge in [0.25, 0.3) is 0 Å². The van der Waals surface area contributed by atoms with Crippen LogP contribution in [-0.2, 0) is 10.5 Å². The fourth-order valence-electron chi connectivity index (χ4n) is 1.07. The van der Waals surface area contributed by atoms with E-state index in [4.69, 9.17) is 0 Å². The van der Waals surface area contributed by atoms with Gasteiger partial charge in [0, 0.05) is 20.5 Å². The first-order chi connectivity index (χ1) is 7.05. The van der Waals surface area contributed by atoms with Gasteiger partial charge in [-0.25, -0.2) is 0 Å². The molecular weight excluding hydrogens is 319 g/mol. The van der Waals surface area contributed by atoms with E-state index >= 15 is 0 Å². The largest absolute Gasteiger partial charge is 0.303 e. The number of halogens is 1.